The van der Waals surface area contributed by atoms with Crippen LogP contribution in [0.4, 0.5) is 5.69 Å². The molecule has 0 amide bonds. The number of likely N-dealkylation sites (N-methyl/N-ethyl adjacent to an activating group) is 1. The van der Waals surface area contributed by atoms with Crippen molar-refractivity contribution in [1.29, 1.82) is 0 Å². The van der Waals surface area contributed by atoms with Crippen molar-refractivity contribution in [3.8, 4) is 11.3 Å². The maximum Gasteiger partial charge on any atom is 0.0453 e. The molecule has 0 bridgehead atoms. The predicted molar refractivity (Wildman–Crippen MR) is 80.5 cm³/mol. The summed E-state index contributed by atoms with van der Waals surface area (Å²) in [6.45, 7) is 5.69. The summed E-state index contributed by atoms with van der Waals surface area (Å²) in [5.74, 6) is 0. The van der Waals surface area contributed by atoms with E-state index in [2.05, 4.69) is 59.1 Å². The molecule has 3 rings (SSSR count). The van der Waals surface area contributed by atoms with E-state index in [1.54, 1.807) is 0 Å². The van der Waals surface area contributed by atoms with Crippen molar-refractivity contribution in [2.24, 2.45) is 0 Å². The van der Waals surface area contributed by atoms with Crippen molar-refractivity contribution in [2.75, 3.05) is 31.6 Å². The van der Waals surface area contributed by atoms with Crippen molar-refractivity contribution in [2.45, 2.75) is 13.0 Å². The zero-order chi connectivity index (χ0) is 13.2. The van der Waals surface area contributed by atoms with Crippen LogP contribution >= 0.6 is 0 Å². The van der Waals surface area contributed by atoms with E-state index in [9.17, 15) is 0 Å². The number of nitrogens with one attached hydrogen (secondary N) is 1. The van der Waals surface area contributed by atoms with Gasteiger partial charge in [-0.15, -0.1) is 0 Å². The van der Waals surface area contributed by atoms with E-state index in [0.717, 1.165) is 19.6 Å². The summed E-state index contributed by atoms with van der Waals surface area (Å²) in [5.41, 5.74) is 3.75. The minimum absolute atomic E-state index is 0.579. The highest BCUT2D eigenvalue weighted by molar-refractivity contribution is 5.63. The lowest BCUT2D eigenvalue weighted by atomic mass is 10.1. The third-order valence-corrected chi connectivity index (χ3v) is 3.94. The Morgan fingerprint density at radius 2 is 1.89 bits per heavy atom. The Bertz CT molecular complexity index is 515. The highest BCUT2D eigenvalue weighted by Crippen LogP contribution is 2.24. The Balaban J connectivity index is 1.79. The summed E-state index contributed by atoms with van der Waals surface area (Å²) < 4.78 is 0. The van der Waals surface area contributed by atoms with Gasteiger partial charge in [-0.2, -0.15) is 0 Å². The fourth-order valence-corrected chi connectivity index (χ4v) is 2.87. The van der Waals surface area contributed by atoms with E-state index < -0.39 is 0 Å². The van der Waals surface area contributed by atoms with Crippen molar-refractivity contribution < 1.29 is 0 Å². The van der Waals surface area contributed by atoms with Crippen LogP contribution < -0.4 is 4.90 Å². The Hall–Kier alpha value is -1.74. The molecule has 2 aromatic rings. The van der Waals surface area contributed by atoms with E-state index in [-0.39, 0.29) is 0 Å². The Morgan fingerprint density at radius 1 is 1.11 bits per heavy atom. The number of hydrogen-bond donors (Lipinski definition) is 1. The normalized spacial score (nSPS) is 20.7. The first-order valence-electron chi connectivity index (χ1n) is 6.93. The number of benzene rings is 1. The van der Waals surface area contributed by atoms with Gasteiger partial charge in [0, 0.05) is 43.3 Å². The Morgan fingerprint density at radius 3 is 2.53 bits per heavy atom. The monoisotopic (exact) mass is 255 g/mol. The zero-order valence-corrected chi connectivity index (χ0v) is 11.6. The van der Waals surface area contributed by atoms with E-state index in [4.69, 9.17) is 0 Å². The first kappa shape index (κ1) is 12.3. The SMILES string of the molecule is C[C@H]1CN(C)CCN1c1ccc(-c2ccc[nH]2)cc1. The molecule has 2 heterocycles. The topological polar surface area (TPSA) is 22.3 Å². The first-order chi connectivity index (χ1) is 9.24. The molecule has 1 aromatic carbocycles. The smallest absolute Gasteiger partial charge is 0.0453 e. The molecule has 1 aromatic heterocycles. The summed E-state index contributed by atoms with van der Waals surface area (Å²) in [6.07, 6.45) is 1.96. The molecule has 19 heavy (non-hydrogen) atoms. The lowest BCUT2D eigenvalue weighted by molar-refractivity contribution is 0.275. The van der Waals surface area contributed by atoms with Gasteiger partial charge in [0.2, 0.25) is 0 Å². The zero-order valence-electron chi connectivity index (χ0n) is 11.6. The molecule has 0 radical (unpaired) electrons. The van der Waals surface area contributed by atoms with Gasteiger partial charge >= 0.3 is 0 Å². The second-order valence-corrected chi connectivity index (χ2v) is 5.44. The lowest BCUT2D eigenvalue weighted by Gasteiger charge is -2.39. The molecule has 0 spiro atoms. The van der Waals surface area contributed by atoms with Crippen LogP contribution in [-0.4, -0.2) is 42.6 Å². The van der Waals surface area contributed by atoms with E-state index in [1.807, 2.05) is 12.3 Å². The number of rotatable bonds is 2. The Labute approximate surface area is 114 Å². The standard InChI is InChI=1S/C16H21N3/c1-13-12-18(2)10-11-19(13)15-7-5-14(6-8-15)16-4-3-9-17-16/h3-9,13,17H,10-12H2,1-2H3/t13-/m0/s1. The molecular weight excluding hydrogens is 234 g/mol. The summed E-state index contributed by atoms with van der Waals surface area (Å²) in [7, 11) is 2.20. The molecule has 100 valence electrons. The van der Waals surface area contributed by atoms with E-state index in [1.165, 1.54) is 16.9 Å². The molecule has 1 aliphatic heterocycles. The molecule has 3 nitrogen and oxygen atoms in total. The van der Waals surface area contributed by atoms with Crippen LogP contribution in [0.3, 0.4) is 0 Å². The fourth-order valence-electron chi connectivity index (χ4n) is 2.87. The summed E-state index contributed by atoms with van der Waals surface area (Å²) in [6, 6.07) is 13.6. The number of anilines is 1. The third kappa shape index (κ3) is 2.51. The quantitative estimate of drug-likeness (QED) is 0.891. The summed E-state index contributed by atoms with van der Waals surface area (Å²) >= 11 is 0. The summed E-state index contributed by atoms with van der Waals surface area (Å²) in [4.78, 5) is 8.14. The van der Waals surface area contributed by atoms with Gasteiger partial charge in [-0.25, -0.2) is 0 Å². The number of aromatic nitrogens is 1. The van der Waals surface area contributed by atoms with Crippen LogP contribution in [0.5, 0.6) is 0 Å². The second kappa shape index (κ2) is 5.10. The van der Waals surface area contributed by atoms with Crippen LogP contribution in [-0.2, 0) is 0 Å². The summed E-state index contributed by atoms with van der Waals surface area (Å²) in [5, 5.41) is 0. The third-order valence-electron chi connectivity index (χ3n) is 3.94. The van der Waals surface area contributed by atoms with Gasteiger partial charge in [0.15, 0.2) is 0 Å². The van der Waals surface area contributed by atoms with Gasteiger partial charge in [-0.1, -0.05) is 12.1 Å². The van der Waals surface area contributed by atoms with Gasteiger partial charge < -0.3 is 14.8 Å². The average Bonchev–Trinajstić information content (AvgIpc) is 2.93. The minimum atomic E-state index is 0.579. The van der Waals surface area contributed by atoms with Crippen LogP contribution in [0.1, 0.15) is 6.92 Å². The van der Waals surface area contributed by atoms with E-state index in [0.29, 0.717) is 6.04 Å². The van der Waals surface area contributed by atoms with Gasteiger partial charge in [-0.3, -0.25) is 0 Å². The molecule has 0 saturated carbocycles. The maximum atomic E-state index is 3.25. The van der Waals surface area contributed by atoms with Crippen molar-refractivity contribution in [3.05, 3.63) is 42.6 Å². The average molecular weight is 255 g/mol. The van der Waals surface area contributed by atoms with Crippen molar-refractivity contribution in [1.82, 2.24) is 9.88 Å². The lowest BCUT2D eigenvalue weighted by Crippen LogP contribution is -2.50. The number of H-pyrrole nitrogens is 1. The number of aromatic amines is 1. The van der Waals surface area contributed by atoms with Crippen LogP contribution in [0.2, 0.25) is 0 Å². The molecular formula is C16H21N3. The first-order valence-corrected chi connectivity index (χ1v) is 6.93. The fraction of sp³-hybridized carbons (Fsp3) is 0.375. The van der Waals surface area contributed by atoms with Crippen molar-refractivity contribution in [3.63, 3.8) is 0 Å². The number of nitrogens with zero attached hydrogens (tertiary/aromatic N) is 2. The maximum absolute atomic E-state index is 3.25. The molecule has 1 N–H and O–H groups in total. The van der Waals surface area contributed by atoms with Gasteiger partial charge in [0.05, 0.1) is 0 Å². The predicted octanol–water partition coefficient (Wildman–Crippen LogP) is 2.82. The van der Waals surface area contributed by atoms with Gasteiger partial charge in [-0.05, 0) is 43.8 Å². The molecule has 1 saturated heterocycles. The molecule has 1 aliphatic rings. The van der Waals surface area contributed by atoms with E-state index >= 15 is 0 Å². The molecule has 0 unspecified atom stereocenters. The van der Waals surface area contributed by atoms with Crippen LogP contribution in [0, 0.1) is 0 Å². The van der Waals surface area contributed by atoms with Gasteiger partial charge in [0.25, 0.3) is 0 Å². The highest BCUT2D eigenvalue weighted by atomic mass is 15.3. The number of piperazine rings is 1. The minimum Gasteiger partial charge on any atom is -0.366 e. The largest absolute Gasteiger partial charge is 0.366 e. The molecule has 3 heteroatoms. The Kier molecular flexibility index (Phi) is 3.30. The molecule has 1 atom stereocenters. The molecule has 0 aliphatic carbocycles. The van der Waals surface area contributed by atoms with Crippen LogP contribution in [0.15, 0.2) is 42.6 Å². The van der Waals surface area contributed by atoms with Crippen LogP contribution in [0.25, 0.3) is 11.3 Å². The van der Waals surface area contributed by atoms with Gasteiger partial charge in [0.1, 0.15) is 0 Å². The molecule has 1 fully saturated rings. The highest BCUT2D eigenvalue weighted by Gasteiger charge is 2.21. The van der Waals surface area contributed by atoms with Crippen molar-refractivity contribution >= 4 is 5.69 Å². The second-order valence-electron chi connectivity index (χ2n) is 5.44. The number of hydrogen-bond acceptors (Lipinski definition) is 2.